The Balaban J connectivity index is 1.61. The van der Waals surface area contributed by atoms with E-state index in [0.29, 0.717) is 0 Å². The largest absolute Gasteiger partial charge is 0.294 e. The summed E-state index contributed by atoms with van der Waals surface area (Å²) in [7, 11) is 0. The molecule has 0 unspecified atom stereocenters. The topological polar surface area (TPSA) is 16.1 Å². The van der Waals surface area contributed by atoms with Crippen molar-refractivity contribution in [1.29, 1.82) is 0 Å². The normalized spacial score (nSPS) is 12.2. The molecule has 0 bridgehead atoms. The van der Waals surface area contributed by atoms with E-state index in [4.69, 9.17) is 4.98 Å². The van der Waals surface area contributed by atoms with E-state index >= 15 is 0 Å². The minimum atomic E-state index is 0.935. The molecule has 1 aliphatic heterocycles. The van der Waals surface area contributed by atoms with Crippen LogP contribution in [0.4, 0.5) is 17.2 Å². The highest BCUT2D eigenvalue weighted by Gasteiger charge is 2.25. The Bertz CT molecular complexity index is 1290. The molecule has 0 fully saturated rings. The molecule has 0 atom stereocenters. The van der Waals surface area contributed by atoms with Gasteiger partial charge in [-0.25, -0.2) is 4.98 Å². The number of anilines is 3. The first-order valence-corrected chi connectivity index (χ1v) is 11.0. The molecule has 5 aromatic rings. The van der Waals surface area contributed by atoms with Crippen LogP contribution in [0.15, 0.2) is 121 Å². The van der Waals surface area contributed by atoms with Gasteiger partial charge in [0.2, 0.25) is 0 Å². The number of para-hydroxylation sites is 2. The monoisotopic (exact) mass is 410 g/mol. The summed E-state index contributed by atoms with van der Waals surface area (Å²) in [5.74, 6) is 0.935. The van der Waals surface area contributed by atoms with Crippen molar-refractivity contribution in [1.82, 2.24) is 4.98 Å². The predicted molar refractivity (Wildman–Crippen MR) is 133 cm³/mol. The first-order chi connectivity index (χ1) is 15.9. The quantitative estimate of drug-likeness (QED) is 0.296. The molecule has 4 aromatic carbocycles. The molecule has 0 saturated carbocycles. The minimum absolute atomic E-state index is 0.935. The van der Waals surface area contributed by atoms with Crippen LogP contribution in [0.5, 0.6) is 0 Å². The van der Waals surface area contributed by atoms with Crippen LogP contribution in [-0.2, 0) is 6.42 Å². The van der Waals surface area contributed by atoms with Crippen molar-refractivity contribution >= 4 is 17.2 Å². The molecule has 1 aromatic heterocycles. The van der Waals surface area contributed by atoms with Crippen molar-refractivity contribution in [3.8, 4) is 22.4 Å². The van der Waals surface area contributed by atoms with E-state index in [1.54, 1.807) is 0 Å². The summed E-state index contributed by atoms with van der Waals surface area (Å²) in [6.07, 6.45) is 0.937. The third-order valence-corrected chi connectivity index (χ3v) is 6.06. The molecule has 0 spiro atoms. The maximum Gasteiger partial charge on any atom is 0.138 e. The van der Waals surface area contributed by atoms with Crippen molar-refractivity contribution in [2.24, 2.45) is 0 Å². The van der Waals surface area contributed by atoms with E-state index in [2.05, 4.69) is 120 Å². The van der Waals surface area contributed by atoms with Crippen LogP contribution in [0.25, 0.3) is 22.4 Å². The molecule has 2 nitrogen and oxygen atoms in total. The lowest BCUT2D eigenvalue weighted by molar-refractivity contribution is 1.06. The summed E-state index contributed by atoms with van der Waals surface area (Å²) < 4.78 is 0. The van der Waals surface area contributed by atoms with Gasteiger partial charge >= 0.3 is 0 Å². The second-order valence-corrected chi connectivity index (χ2v) is 8.10. The highest BCUT2D eigenvalue weighted by Crippen LogP contribution is 2.44. The van der Waals surface area contributed by atoms with Crippen molar-refractivity contribution in [3.63, 3.8) is 0 Å². The predicted octanol–water partition coefficient (Wildman–Crippen LogP) is 7.79. The van der Waals surface area contributed by atoms with Crippen LogP contribution in [0.3, 0.4) is 0 Å². The fraction of sp³-hybridized carbons (Fsp3) is 0.0333. The van der Waals surface area contributed by atoms with E-state index in [9.17, 15) is 0 Å². The third kappa shape index (κ3) is 3.27. The lowest BCUT2D eigenvalue weighted by Gasteiger charge is -2.33. The summed E-state index contributed by atoms with van der Waals surface area (Å²) in [6.45, 7) is 0. The van der Waals surface area contributed by atoms with Gasteiger partial charge in [0.1, 0.15) is 5.82 Å². The lowest BCUT2D eigenvalue weighted by atomic mass is 9.95. The highest BCUT2D eigenvalue weighted by molar-refractivity contribution is 5.85. The average molecular weight is 411 g/mol. The van der Waals surface area contributed by atoms with Crippen molar-refractivity contribution < 1.29 is 0 Å². The Labute approximate surface area is 188 Å². The number of aromatic nitrogens is 1. The number of benzene rings is 4. The third-order valence-electron chi connectivity index (χ3n) is 6.06. The van der Waals surface area contributed by atoms with Crippen LogP contribution < -0.4 is 4.90 Å². The number of fused-ring (bicyclic) bond motifs is 2. The zero-order valence-corrected chi connectivity index (χ0v) is 17.6. The van der Waals surface area contributed by atoms with Gasteiger partial charge in [-0.2, -0.15) is 0 Å². The second kappa shape index (κ2) is 7.82. The van der Waals surface area contributed by atoms with Crippen LogP contribution in [-0.4, -0.2) is 4.98 Å². The number of nitrogens with zero attached hydrogens (tertiary/aromatic N) is 2. The smallest absolute Gasteiger partial charge is 0.138 e. The van der Waals surface area contributed by atoms with E-state index in [0.717, 1.165) is 29.1 Å². The molecular weight excluding hydrogens is 388 g/mol. The van der Waals surface area contributed by atoms with Gasteiger partial charge in [-0.05, 0) is 46.5 Å². The van der Waals surface area contributed by atoms with E-state index in [-0.39, 0.29) is 0 Å². The Morgan fingerprint density at radius 3 is 1.66 bits per heavy atom. The highest BCUT2D eigenvalue weighted by atomic mass is 15.2. The van der Waals surface area contributed by atoms with Gasteiger partial charge in [0, 0.05) is 12.0 Å². The Kier molecular flexibility index (Phi) is 4.54. The van der Waals surface area contributed by atoms with Crippen molar-refractivity contribution in [2.75, 3.05) is 4.90 Å². The van der Waals surface area contributed by atoms with Crippen molar-refractivity contribution in [2.45, 2.75) is 6.42 Å². The van der Waals surface area contributed by atoms with Crippen LogP contribution in [0.2, 0.25) is 0 Å². The number of hydrogen-bond acceptors (Lipinski definition) is 2. The number of pyridine rings is 1. The molecule has 32 heavy (non-hydrogen) atoms. The standard InChI is InChI=1S/C30H22N2/c1-3-11-22(12-4-1)26-20-27(23-13-5-2-6-14-23)31-30(21-26)32-28-17-9-7-15-24(28)19-25-16-8-10-18-29(25)32/h1-18,20-21H,19H2. The summed E-state index contributed by atoms with van der Waals surface area (Å²) in [4.78, 5) is 7.49. The van der Waals surface area contributed by atoms with Crippen LogP contribution in [0, 0.1) is 0 Å². The second-order valence-electron chi connectivity index (χ2n) is 8.10. The van der Waals surface area contributed by atoms with Gasteiger partial charge < -0.3 is 0 Å². The molecule has 0 radical (unpaired) electrons. The summed E-state index contributed by atoms with van der Waals surface area (Å²) in [6, 6.07) is 42.7. The van der Waals surface area contributed by atoms with E-state index in [1.165, 1.54) is 28.1 Å². The molecule has 6 rings (SSSR count). The molecule has 0 saturated heterocycles. The molecule has 152 valence electrons. The number of rotatable bonds is 3. The summed E-state index contributed by atoms with van der Waals surface area (Å²) >= 11 is 0. The Morgan fingerprint density at radius 2 is 1.03 bits per heavy atom. The maximum atomic E-state index is 5.18. The summed E-state index contributed by atoms with van der Waals surface area (Å²) in [5.41, 5.74) is 9.47. The first kappa shape index (κ1) is 18.6. The first-order valence-electron chi connectivity index (χ1n) is 11.0. The van der Waals surface area contributed by atoms with Crippen LogP contribution in [0.1, 0.15) is 11.1 Å². The zero-order valence-electron chi connectivity index (χ0n) is 17.6. The number of hydrogen-bond donors (Lipinski definition) is 0. The van der Waals surface area contributed by atoms with Crippen LogP contribution >= 0.6 is 0 Å². The van der Waals surface area contributed by atoms with Gasteiger partial charge in [-0.15, -0.1) is 0 Å². The van der Waals surface area contributed by atoms with Crippen molar-refractivity contribution in [3.05, 3.63) is 132 Å². The minimum Gasteiger partial charge on any atom is -0.294 e. The zero-order chi connectivity index (χ0) is 21.3. The maximum absolute atomic E-state index is 5.18. The molecule has 1 aliphatic rings. The van der Waals surface area contributed by atoms with E-state index in [1.807, 2.05) is 6.07 Å². The van der Waals surface area contributed by atoms with Gasteiger partial charge in [-0.1, -0.05) is 97.1 Å². The summed E-state index contributed by atoms with van der Waals surface area (Å²) in [5, 5.41) is 0. The van der Waals surface area contributed by atoms with Gasteiger partial charge in [0.15, 0.2) is 0 Å². The van der Waals surface area contributed by atoms with Gasteiger partial charge in [0.25, 0.3) is 0 Å². The van der Waals surface area contributed by atoms with Gasteiger partial charge in [-0.3, -0.25) is 4.90 Å². The molecule has 0 N–H and O–H groups in total. The Morgan fingerprint density at radius 1 is 0.500 bits per heavy atom. The molecule has 2 heteroatoms. The fourth-order valence-electron chi connectivity index (χ4n) is 4.52. The molecule has 0 aliphatic carbocycles. The van der Waals surface area contributed by atoms with Gasteiger partial charge in [0.05, 0.1) is 17.1 Å². The fourth-order valence-corrected chi connectivity index (χ4v) is 4.52. The molecular formula is C30H22N2. The average Bonchev–Trinajstić information content (AvgIpc) is 2.88. The SMILES string of the molecule is c1ccc(-c2cc(-c3ccccc3)nc(N3c4ccccc4Cc4ccccc43)c2)cc1. The van der Waals surface area contributed by atoms with E-state index < -0.39 is 0 Å². The molecule has 0 amide bonds. The lowest BCUT2D eigenvalue weighted by Crippen LogP contribution is -2.19. The molecule has 2 heterocycles. The Hall–Kier alpha value is -4.17.